The topological polar surface area (TPSA) is 25.2 Å². The van der Waals surface area contributed by atoms with Gasteiger partial charge in [0.25, 0.3) is 0 Å². The van der Waals surface area contributed by atoms with Crippen LogP contribution in [0.15, 0.2) is 29.4 Å². The molecule has 2 heteroatoms. The van der Waals surface area contributed by atoms with Crippen molar-refractivity contribution in [3.63, 3.8) is 0 Å². The lowest BCUT2D eigenvalue weighted by Gasteiger charge is -2.29. The Labute approximate surface area is 105 Å². The maximum absolute atomic E-state index is 4.82. The summed E-state index contributed by atoms with van der Waals surface area (Å²) in [6.45, 7) is 13.2. The van der Waals surface area contributed by atoms with Gasteiger partial charge in [-0.15, -0.1) is 0 Å². The molecule has 2 nitrogen and oxygen atoms in total. The summed E-state index contributed by atoms with van der Waals surface area (Å²) in [5, 5.41) is 0. The van der Waals surface area contributed by atoms with Crippen LogP contribution in [0.5, 0.6) is 0 Å². The molecular formula is C15H24N2. The number of pyridine rings is 1. The Morgan fingerprint density at radius 2 is 1.82 bits per heavy atom. The molecule has 1 aromatic heterocycles. The zero-order chi connectivity index (χ0) is 13.1. The van der Waals surface area contributed by atoms with Crippen molar-refractivity contribution in [3.05, 3.63) is 30.1 Å². The van der Waals surface area contributed by atoms with Crippen molar-refractivity contribution in [2.24, 2.45) is 10.4 Å². The maximum Gasteiger partial charge on any atom is 0.0837 e. The monoisotopic (exact) mass is 232 g/mol. The fourth-order valence-corrected chi connectivity index (χ4v) is 2.43. The van der Waals surface area contributed by atoms with E-state index in [4.69, 9.17) is 4.99 Å². The molecule has 0 N–H and O–H groups in total. The van der Waals surface area contributed by atoms with Crippen molar-refractivity contribution >= 4 is 5.71 Å². The quantitative estimate of drug-likeness (QED) is 0.720. The van der Waals surface area contributed by atoms with E-state index < -0.39 is 0 Å². The molecule has 1 aromatic rings. The molecule has 0 unspecified atom stereocenters. The second kappa shape index (κ2) is 4.99. The van der Waals surface area contributed by atoms with Crippen LogP contribution in [0.25, 0.3) is 0 Å². The predicted octanol–water partition coefficient (Wildman–Crippen LogP) is 4.11. The van der Waals surface area contributed by atoms with Gasteiger partial charge in [-0.05, 0) is 44.7 Å². The fraction of sp³-hybridized carbons (Fsp3) is 0.600. The van der Waals surface area contributed by atoms with Crippen molar-refractivity contribution in [1.82, 2.24) is 4.98 Å². The first kappa shape index (κ1) is 13.9. The zero-order valence-electron chi connectivity index (χ0n) is 11.9. The first-order chi connectivity index (χ1) is 7.70. The van der Waals surface area contributed by atoms with Crippen LogP contribution in [0.3, 0.4) is 0 Å². The minimum absolute atomic E-state index is 0.0418. The molecule has 17 heavy (non-hydrogen) atoms. The van der Waals surface area contributed by atoms with Crippen LogP contribution in [-0.4, -0.2) is 16.2 Å². The van der Waals surface area contributed by atoms with Gasteiger partial charge in [0.1, 0.15) is 0 Å². The number of hydrogen-bond acceptors (Lipinski definition) is 2. The average Bonchev–Trinajstić information content (AvgIpc) is 2.14. The fourth-order valence-electron chi connectivity index (χ4n) is 2.43. The number of nitrogens with zero attached hydrogens (tertiary/aromatic N) is 2. The van der Waals surface area contributed by atoms with Gasteiger partial charge in [-0.25, -0.2) is 0 Å². The summed E-state index contributed by atoms with van der Waals surface area (Å²) >= 11 is 0. The van der Waals surface area contributed by atoms with E-state index in [0.29, 0.717) is 0 Å². The third kappa shape index (κ3) is 5.12. The molecule has 0 fully saturated rings. The van der Waals surface area contributed by atoms with E-state index >= 15 is 0 Å². The van der Waals surface area contributed by atoms with Crippen LogP contribution in [0.4, 0.5) is 0 Å². The van der Waals surface area contributed by atoms with Crippen molar-refractivity contribution in [2.45, 2.75) is 53.5 Å². The summed E-state index contributed by atoms with van der Waals surface area (Å²) in [4.78, 5) is 9.15. The lowest BCUT2D eigenvalue weighted by molar-refractivity contribution is 0.288. The van der Waals surface area contributed by atoms with Crippen molar-refractivity contribution in [1.29, 1.82) is 0 Å². The van der Waals surface area contributed by atoms with Gasteiger partial charge >= 0.3 is 0 Å². The molecule has 0 bridgehead atoms. The van der Waals surface area contributed by atoms with Crippen LogP contribution < -0.4 is 0 Å². The molecule has 94 valence electrons. The SMILES string of the molecule is C/C(=N\C(C)(C)CC(C)(C)C)c1ccccn1. The molecule has 0 atom stereocenters. The largest absolute Gasteiger partial charge is 0.282 e. The van der Waals surface area contributed by atoms with Crippen LogP contribution in [-0.2, 0) is 0 Å². The molecule has 0 aromatic carbocycles. The maximum atomic E-state index is 4.82. The van der Waals surface area contributed by atoms with Gasteiger partial charge in [-0.1, -0.05) is 26.8 Å². The summed E-state index contributed by atoms with van der Waals surface area (Å²) in [5.74, 6) is 0. The van der Waals surface area contributed by atoms with Gasteiger partial charge in [0.05, 0.1) is 16.9 Å². The Morgan fingerprint density at radius 3 is 2.29 bits per heavy atom. The summed E-state index contributed by atoms with van der Waals surface area (Å²) in [6, 6.07) is 5.93. The van der Waals surface area contributed by atoms with E-state index in [1.54, 1.807) is 0 Å². The molecule has 0 aliphatic rings. The van der Waals surface area contributed by atoms with Gasteiger partial charge in [0.2, 0.25) is 0 Å². The summed E-state index contributed by atoms with van der Waals surface area (Å²) in [5.41, 5.74) is 2.23. The average molecular weight is 232 g/mol. The Balaban J connectivity index is 2.88. The van der Waals surface area contributed by atoms with Crippen molar-refractivity contribution < 1.29 is 0 Å². The van der Waals surface area contributed by atoms with Crippen molar-refractivity contribution in [2.75, 3.05) is 0 Å². The Morgan fingerprint density at radius 1 is 1.18 bits per heavy atom. The summed E-state index contributed by atoms with van der Waals surface area (Å²) in [7, 11) is 0. The second-order valence-corrected chi connectivity index (χ2v) is 6.46. The lowest BCUT2D eigenvalue weighted by Crippen LogP contribution is -2.26. The zero-order valence-corrected chi connectivity index (χ0v) is 11.9. The van der Waals surface area contributed by atoms with Crippen molar-refractivity contribution in [3.8, 4) is 0 Å². The van der Waals surface area contributed by atoms with Crippen LogP contribution in [0, 0.1) is 5.41 Å². The highest BCUT2D eigenvalue weighted by Crippen LogP contribution is 2.29. The van der Waals surface area contributed by atoms with Gasteiger partial charge in [-0.3, -0.25) is 9.98 Å². The Hall–Kier alpha value is -1.18. The minimum Gasteiger partial charge on any atom is -0.282 e. The second-order valence-electron chi connectivity index (χ2n) is 6.46. The molecule has 1 rings (SSSR count). The third-order valence-corrected chi connectivity index (χ3v) is 2.47. The van der Waals surface area contributed by atoms with E-state index in [1.165, 1.54) is 0 Å². The standard InChI is InChI=1S/C15H24N2/c1-12(13-9-7-8-10-16-13)17-15(5,6)11-14(2,3)4/h7-10H,11H2,1-6H3/b17-12+. The first-order valence-corrected chi connectivity index (χ1v) is 6.17. The van der Waals surface area contributed by atoms with E-state index in [9.17, 15) is 0 Å². The predicted molar refractivity (Wildman–Crippen MR) is 74.6 cm³/mol. The van der Waals surface area contributed by atoms with E-state index in [2.05, 4.69) is 39.6 Å². The van der Waals surface area contributed by atoms with E-state index in [1.807, 2.05) is 31.3 Å². The smallest absolute Gasteiger partial charge is 0.0837 e. The van der Waals surface area contributed by atoms with Crippen LogP contribution in [0.1, 0.15) is 53.7 Å². The molecule has 0 amide bonds. The number of aromatic nitrogens is 1. The molecule has 0 saturated heterocycles. The summed E-state index contributed by atoms with van der Waals surface area (Å²) < 4.78 is 0. The first-order valence-electron chi connectivity index (χ1n) is 6.17. The highest BCUT2D eigenvalue weighted by Gasteiger charge is 2.24. The number of aliphatic imine (C=N–C) groups is 1. The van der Waals surface area contributed by atoms with Gasteiger partial charge in [0, 0.05) is 6.20 Å². The van der Waals surface area contributed by atoms with Crippen LogP contribution in [0.2, 0.25) is 0 Å². The van der Waals surface area contributed by atoms with Gasteiger partial charge < -0.3 is 0 Å². The third-order valence-electron chi connectivity index (χ3n) is 2.47. The summed E-state index contributed by atoms with van der Waals surface area (Å²) in [6.07, 6.45) is 2.87. The molecule has 0 saturated carbocycles. The number of hydrogen-bond donors (Lipinski definition) is 0. The normalized spacial score (nSPS) is 13.9. The Bertz CT molecular complexity index is 383. The molecule has 0 radical (unpaired) electrons. The highest BCUT2D eigenvalue weighted by atomic mass is 14.9. The number of rotatable bonds is 3. The Kier molecular flexibility index (Phi) is 4.07. The van der Waals surface area contributed by atoms with E-state index in [0.717, 1.165) is 17.8 Å². The minimum atomic E-state index is -0.0418. The van der Waals surface area contributed by atoms with Gasteiger partial charge in [-0.2, -0.15) is 0 Å². The molecule has 1 heterocycles. The molecule has 0 spiro atoms. The lowest BCUT2D eigenvalue weighted by atomic mass is 9.82. The highest BCUT2D eigenvalue weighted by molar-refractivity contribution is 5.97. The molecule has 0 aliphatic heterocycles. The van der Waals surface area contributed by atoms with Crippen LogP contribution >= 0.6 is 0 Å². The molecule has 0 aliphatic carbocycles. The van der Waals surface area contributed by atoms with Gasteiger partial charge in [0.15, 0.2) is 0 Å². The van der Waals surface area contributed by atoms with E-state index in [-0.39, 0.29) is 11.0 Å². The molecular weight excluding hydrogens is 208 g/mol.